The fraction of sp³-hybridized carbons (Fsp3) is 0.263. The molecule has 1 heterocycles. The zero-order valence-electron chi connectivity index (χ0n) is 14.9. The van der Waals surface area contributed by atoms with E-state index in [9.17, 15) is 14.0 Å². The van der Waals surface area contributed by atoms with Crippen LogP contribution in [0.25, 0.3) is 0 Å². The van der Waals surface area contributed by atoms with Gasteiger partial charge in [0.25, 0.3) is 5.91 Å². The molecule has 3 N–H and O–H groups in total. The topological polar surface area (TPSA) is 73.5 Å². The maximum atomic E-state index is 14.2. The van der Waals surface area contributed by atoms with Crippen LogP contribution in [0.15, 0.2) is 42.5 Å². The van der Waals surface area contributed by atoms with Crippen molar-refractivity contribution in [3.8, 4) is 0 Å². The molecule has 27 heavy (non-hydrogen) atoms. The van der Waals surface area contributed by atoms with E-state index >= 15 is 0 Å². The molecule has 0 aliphatic carbocycles. The first kappa shape index (κ1) is 20.7. The van der Waals surface area contributed by atoms with Crippen LogP contribution in [0.2, 0.25) is 0 Å². The van der Waals surface area contributed by atoms with E-state index in [0.29, 0.717) is 31.0 Å². The quantitative estimate of drug-likeness (QED) is 0.707. The Kier molecular flexibility index (Phi) is 7.15. The zero-order chi connectivity index (χ0) is 18.5. The molecule has 0 spiro atoms. The van der Waals surface area contributed by atoms with E-state index in [1.165, 1.54) is 23.1 Å². The smallest absolute Gasteiger partial charge is 0.321 e. The molecule has 0 unspecified atom stereocenters. The van der Waals surface area contributed by atoms with Crippen molar-refractivity contribution in [3.63, 3.8) is 0 Å². The second-order valence-electron chi connectivity index (χ2n) is 5.94. The zero-order valence-corrected chi connectivity index (χ0v) is 15.7. The van der Waals surface area contributed by atoms with Gasteiger partial charge in [-0.1, -0.05) is 25.1 Å². The van der Waals surface area contributed by atoms with Gasteiger partial charge in [-0.25, -0.2) is 9.18 Å². The SMILES string of the molecule is CCNCc1ccccc1NC(=O)c1cc(N2CCNC2=O)ccc1F.Cl. The summed E-state index contributed by atoms with van der Waals surface area (Å²) in [6, 6.07) is 11.2. The van der Waals surface area contributed by atoms with E-state index < -0.39 is 11.7 Å². The van der Waals surface area contributed by atoms with Crippen LogP contribution in [0.3, 0.4) is 0 Å². The molecule has 1 aliphatic rings. The van der Waals surface area contributed by atoms with E-state index in [1.807, 2.05) is 25.1 Å². The van der Waals surface area contributed by atoms with Crippen molar-refractivity contribution < 1.29 is 14.0 Å². The molecule has 1 aliphatic heterocycles. The normalized spacial score (nSPS) is 13.1. The number of benzene rings is 2. The number of carbonyl (C=O) groups excluding carboxylic acids is 2. The summed E-state index contributed by atoms with van der Waals surface area (Å²) in [4.78, 5) is 25.9. The molecule has 0 saturated carbocycles. The van der Waals surface area contributed by atoms with Gasteiger partial charge in [0.2, 0.25) is 0 Å². The molecule has 3 rings (SSSR count). The van der Waals surface area contributed by atoms with E-state index in [1.54, 1.807) is 6.07 Å². The lowest BCUT2D eigenvalue weighted by atomic mass is 10.1. The minimum Gasteiger partial charge on any atom is -0.336 e. The van der Waals surface area contributed by atoms with Crippen LogP contribution in [-0.2, 0) is 6.54 Å². The summed E-state index contributed by atoms with van der Waals surface area (Å²) in [7, 11) is 0. The number of para-hydroxylation sites is 1. The van der Waals surface area contributed by atoms with Gasteiger partial charge < -0.3 is 16.0 Å². The summed E-state index contributed by atoms with van der Waals surface area (Å²) in [5.74, 6) is -1.18. The molecule has 0 atom stereocenters. The van der Waals surface area contributed by atoms with Crippen molar-refractivity contribution in [2.45, 2.75) is 13.5 Å². The van der Waals surface area contributed by atoms with Gasteiger partial charge in [-0.15, -0.1) is 12.4 Å². The minimum atomic E-state index is -0.630. The second-order valence-corrected chi connectivity index (χ2v) is 5.94. The number of hydrogen-bond donors (Lipinski definition) is 3. The average molecular weight is 393 g/mol. The highest BCUT2D eigenvalue weighted by Gasteiger charge is 2.23. The molecule has 1 saturated heterocycles. The molecule has 144 valence electrons. The first-order chi connectivity index (χ1) is 12.6. The van der Waals surface area contributed by atoms with Gasteiger partial charge in [-0.2, -0.15) is 0 Å². The molecular weight excluding hydrogens is 371 g/mol. The van der Waals surface area contributed by atoms with Gasteiger partial charge in [0.1, 0.15) is 5.82 Å². The van der Waals surface area contributed by atoms with Crippen LogP contribution in [0.5, 0.6) is 0 Å². The maximum absolute atomic E-state index is 14.2. The average Bonchev–Trinajstić information content (AvgIpc) is 3.07. The third-order valence-corrected chi connectivity index (χ3v) is 4.19. The van der Waals surface area contributed by atoms with Gasteiger partial charge in [0.05, 0.1) is 5.56 Å². The first-order valence-corrected chi connectivity index (χ1v) is 8.55. The van der Waals surface area contributed by atoms with Crippen LogP contribution in [-0.4, -0.2) is 31.6 Å². The summed E-state index contributed by atoms with van der Waals surface area (Å²) >= 11 is 0. The number of amides is 3. The Morgan fingerprint density at radius 1 is 1.26 bits per heavy atom. The maximum Gasteiger partial charge on any atom is 0.321 e. The van der Waals surface area contributed by atoms with E-state index in [-0.39, 0.29) is 24.0 Å². The van der Waals surface area contributed by atoms with Crippen LogP contribution < -0.4 is 20.9 Å². The van der Waals surface area contributed by atoms with Gasteiger partial charge in [-0.3, -0.25) is 9.69 Å². The predicted octanol–water partition coefficient (Wildman–Crippen LogP) is 3.14. The molecular formula is C19H22ClFN4O2. The number of rotatable bonds is 6. The lowest BCUT2D eigenvalue weighted by molar-refractivity contribution is 0.102. The van der Waals surface area contributed by atoms with Crippen LogP contribution in [0.1, 0.15) is 22.8 Å². The lowest BCUT2D eigenvalue weighted by Gasteiger charge is -2.16. The van der Waals surface area contributed by atoms with Crippen LogP contribution >= 0.6 is 12.4 Å². The number of nitrogens with one attached hydrogen (secondary N) is 3. The Hall–Kier alpha value is -2.64. The minimum absolute atomic E-state index is 0. The Bertz CT molecular complexity index is 831. The van der Waals surface area contributed by atoms with Gasteiger partial charge in [0.15, 0.2) is 0 Å². The largest absolute Gasteiger partial charge is 0.336 e. The number of hydrogen-bond acceptors (Lipinski definition) is 3. The molecule has 0 radical (unpaired) electrons. The van der Waals surface area contributed by atoms with E-state index in [4.69, 9.17) is 0 Å². The monoisotopic (exact) mass is 392 g/mol. The number of carbonyl (C=O) groups is 2. The molecule has 3 amide bonds. The molecule has 0 aromatic heterocycles. The molecule has 1 fully saturated rings. The highest BCUT2D eigenvalue weighted by Crippen LogP contribution is 2.22. The second kappa shape index (κ2) is 9.34. The Morgan fingerprint density at radius 3 is 2.74 bits per heavy atom. The summed E-state index contributed by atoms with van der Waals surface area (Å²) in [5.41, 5.74) is 1.94. The highest BCUT2D eigenvalue weighted by molar-refractivity contribution is 6.06. The van der Waals surface area contributed by atoms with Gasteiger partial charge in [0, 0.05) is 31.0 Å². The summed E-state index contributed by atoms with van der Waals surface area (Å²) in [6.45, 7) is 4.41. The standard InChI is InChI=1S/C19H21FN4O2.ClH/c1-2-21-12-13-5-3-4-6-17(13)23-18(25)15-11-14(7-8-16(15)20)24-10-9-22-19(24)26;/h3-8,11,21H,2,9-10,12H2,1H3,(H,22,26)(H,23,25);1H. The van der Waals surface area contributed by atoms with E-state index in [0.717, 1.165) is 12.1 Å². The lowest BCUT2D eigenvalue weighted by Crippen LogP contribution is -2.28. The van der Waals surface area contributed by atoms with Crippen molar-refractivity contribution in [1.82, 2.24) is 10.6 Å². The van der Waals surface area contributed by atoms with Crippen molar-refractivity contribution >= 4 is 35.7 Å². The van der Waals surface area contributed by atoms with Crippen molar-refractivity contribution in [2.24, 2.45) is 0 Å². The van der Waals surface area contributed by atoms with Crippen molar-refractivity contribution in [3.05, 3.63) is 59.4 Å². The van der Waals surface area contributed by atoms with Crippen molar-refractivity contribution in [2.75, 3.05) is 29.9 Å². The number of nitrogens with zero attached hydrogens (tertiary/aromatic N) is 1. The fourth-order valence-electron chi connectivity index (χ4n) is 2.82. The third kappa shape index (κ3) is 4.75. The Balaban J connectivity index is 0.00000261. The third-order valence-electron chi connectivity index (χ3n) is 4.19. The molecule has 8 heteroatoms. The van der Waals surface area contributed by atoms with Crippen LogP contribution in [0.4, 0.5) is 20.6 Å². The molecule has 0 bridgehead atoms. The predicted molar refractivity (Wildman–Crippen MR) is 106 cm³/mol. The molecule has 2 aromatic rings. The van der Waals surface area contributed by atoms with Crippen LogP contribution in [0, 0.1) is 5.82 Å². The molecule has 6 nitrogen and oxygen atoms in total. The number of anilines is 2. The number of urea groups is 1. The van der Waals surface area contributed by atoms with Crippen molar-refractivity contribution in [1.29, 1.82) is 0 Å². The Morgan fingerprint density at radius 2 is 2.04 bits per heavy atom. The highest BCUT2D eigenvalue weighted by atomic mass is 35.5. The van der Waals surface area contributed by atoms with E-state index in [2.05, 4.69) is 16.0 Å². The summed E-state index contributed by atoms with van der Waals surface area (Å²) in [6.07, 6.45) is 0. The first-order valence-electron chi connectivity index (χ1n) is 8.55. The number of halogens is 2. The van der Waals surface area contributed by atoms with Gasteiger partial charge in [-0.05, 0) is 36.4 Å². The Labute approximate surface area is 163 Å². The fourth-order valence-corrected chi connectivity index (χ4v) is 2.82. The summed E-state index contributed by atoms with van der Waals surface area (Å²) in [5, 5.41) is 8.66. The summed E-state index contributed by atoms with van der Waals surface area (Å²) < 4.78 is 14.2. The molecule has 2 aromatic carbocycles. The van der Waals surface area contributed by atoms with Gasteiger partial charge >= 0.3 is 6.03 Å².